The van der Waals surface area contributed by atoms with Crippen molar-refractivity contribution in [2.75, 3.05) is 0 Å². The van der Waals surface area contributed by atoms with Crippen LogP contribution in [-0.2, 0) is 5.41 Å². The van der Waals surface area contributed by atoms with Crippen LogP contribution in [0.1, 0.15) is 83.0 Å². The summed E-state index contributed by atoms with van der Waals surface area (Å²) in [6.07, 6.45) is 17.8. The van der Waals surface area contributed by atoms with Gasteiger partial charge in [-0.15, -0.1) is 0 Å². The highest BCUT2D eigenvalue weighted by Crippen LogP contribution is 2.60. The van der Waals surface area contributed by atoms with Gasteiger partial charge in [-0.05, 0) is 104 Å². The summed E-state index contributed by atoms with van der Waals surface area (Å²) in [5.41, 5.74) is 4.41. The standard InChI is InChI=1S/C32H44O4/c1-20-16-30(36-19-20)32(14-15-32)29(35)12-7-21(2)26-10-11-27-23(6-5-13-31(26,27)4)8-9-24-17-25(33)18-28(34)22(24)3/h7-9,12,16,19,21,25-29,33-35H,3,5-6,10-11,13-15,17-18H2,1-2,4H3/b12-7+,23-8+,24-9-/t21-,25-,26-,27+,28+,29-,31-/m1/s1. The van der Waals surface area contributed by atoms with Crippen molar-refractivity contribution in [2.24, 2.45) is 23.2 Å². The third kappa shape index (κ3) is 4.61. The maximum atomic E-state index is 11.1. The maximum Gasteiger partial charge on any atom is 0.113 e. The van der Waals surface area contributed by atoms with E-state index in [2.05, 4.69) is 44.7 Å². The monoisotopic (exact) mass is 492 g/mol. The lowest BCUT2D eigenvalue weighted by molar-refractivity contribution is 0.0862. The Morgan fingerprint density at radius 2 is 1.92 bits per heavy atom. The lowest BCUT2D eigenvalue weighted by atomic mass is 9.61. The van der Waals surface area contributed by atoms with Crippen LogP contribution in [0.2, 0.25) is 0 Å². The minimum Gasteiger partial charge on any atom is -0.468 e. The summed E-state index contributed by atoms with van der Waals surface area (Å²) in [6.45, 7) is 10.9. The van der Waals surface area contributed by atoms with Gasteiger partial charge in [-0.2, -0.15) is 0 Å². The molecule has 0 aliphatic heterocycles. The smallest absolute Gasteiger partial charge is 0.113 e. The van der Waals surface area contributed by atoms with Crippen LogP contribution < -0.4 is 0 Å². The molecule has 196 valence electrons. The molecule has 7 atom stereocenters. The molecule has 4 fully saturated rings. The molecule has 1 aromatic rings. The normalized spacial score (nSPS) is 38.0. The predicted molar refractivity (Wildman–Crippen MR) is 143 cm³/mol. The zero-order valence-corrected chi connectivity index (χ0v) is 22.2. The first-order valence-electron chi connectivity index (χ1n) is 14.0. The number of furan rings is 1. The van der Waals surface area contributed by atoms with Crippen molar-refractivity contribution < 1.29 is 19.7 Å². The molecule has 0 aromatic carbocycles. The molecular formula is C32H44O4. The molecule has 1 aromatic heterocycles. The van der Waals surface area contributed by atoms with Crippen LogP contribution in [0.3, 0.4) is 0 Å². The molecule has 0 amide bonds. The van der Waals surface area contributed by atoms with Crippen molar-refractivity contribution >= 4 is 0 Å². The van der Waals surface area contributed by atoms with Crippen molar-refractivity contribution in [1.29, 1.82) is 0 Å². The molecular weight excluding hydrogens is 448 g/mol. The molecule has 4 aliphatic carbocycles. The van der Waals surface area contributed by atoms with Crippen molar-refractivity contribution in [2.45, 2.75) is 102 Å². The van der Waals surface area contributed by atoms with E-state index in [0.29, 0.717) is 30.6 Å². The first kappa shape index (κ1) is 25.8. The van der Waals surface area contributed by atoms with Gasteiger partial charge in [0.15, 0.2) is 0 Å². The van der Waals surface area contributed by atoms with Gasteiger partial charge in [0, 0.05) is 6.42 Å². The summed E-state index contributed by atoms with van der Waals surface area (Å²) in [5, 5.41) is 31.4. The maximum absolute atomic E-state index is 11.1. The van der Waals surface area contributed by atoms with Gasteiger partial charge < -0.3 is 19.7 Å². The number of fused-ring (bicyclic) bond motifs is 1. The Labute approximate surface area is 216 Å². The van der Waals surface area contributed by atoms with Crippen molar-refractivity contribution in [3.05, 3.63) is 71.3 Å². The Morgan fingerprint density at radius 1 is 1.14 bits per heavy atom. The molecule has 4 nitrogen and oxygen atoms in total. The molecule has 4 aliphatic rings. The molecule has 4 saturated carbocycles. The first-order chi connectivity index (χ1) is 17.1. The lowest BCUT2D eigenvalue weighted by Crippen LogP contribution is -2.35. The number of rotatable bonds is 6. The Kier molecular flexibility index (Phi) is 6.99. The number of hydrogen-bond acceptors (Lipinski definition) is 4. The van der Waals surface area contributed by atoms with E-state index < -0.39 is 18.3 Å². The van der Waals surface area contributed by atoms with E-state index in [-0.39, 0.29) is 10.8 Å². The van der Waals surface area contributed by atoms with Crippen LogP contribution in [0.15, 0.2) is 64.3 Å². The van der Waals surface area contributed by atoms with Gasteiger partial charge >= 0.3 is 0 Å². The zero-order chi connectivity index (χ0) is 25.7. The second-order valence-electron chi connectivity index (χ2n) is 12.5. The summed E-state index contributed by atoms with van der Waals surface area (Å²) in [6, 6.07) is 2.07. The van der Waals surface area contributed by atoms with E-state index in [4.69, 9.17) is 4.42 Å². The molecule has 36 heavy (non-hydrogen) atoms. The van der Waals surface area contributed by atoms with Crippen molar-refractivity contribution in [1.82, 2.24) is 0 Å². The van der Waals surface area contributed by atoms with Gasteiger partial charge in [0.25, 0.3) is 0 Å². The largest absolute Gasteiger partial charge is 0.468 e. The number of allylic oxidation sites excluding steroid dienone is 4. The molecule has 0 unspecified atom stereocenters. The Bertz CT molecular complexity index is 1070. The van der Waals surface area contributed by atoms with Crippen LogP contribution in [0.4, 0.5) is 0 Å². The second kappa shape index (κ2) is 9.78. The van der Waals surface area contributed by atoms with Crippen LogP contribution >= 0.6 is 0 Å². The fraction of sp³-hybridized carbons (Fsp3) is 0.625. The summed E-state index contributed by atoms with van der Waals surface area (Å²) in [4.78, 5) is 0. The van der Waals surface area contributed by atoms with E-state index in [9.17, 15) is 15.3 Å². The molecule has 3 N–H and O–H groups in total. The molecule has 0 saturated heterocycles. The van der Waals surface area contributed by atoms with E-state index in [1.54, 1.807) is 6.26 Å². The highest BCUT2D eigenvalue weighted by molar-refractivity contribution is 5.39. The minimum absolute atomic E-state index is 0.231. The number of aliphatic hydroxyl groups excluding tert-OH is 3. The van der Waals surface area contributed by atoms with E-state index in [0.717, 1.165) is 41.7 Å². The topological polar surface area (TPSA) is 73.8 Å². The average Bonchev–Trinajstić information content (AvgIpc) is 3.41. The van der Waals surface area contributed by atoms with Gasteiger partial charge in [-0.3, -0.25) is 0 Å². The SMILES string of the molecule is C=C1/C(=C\C=C2/CCC[C@]3(C)[C@@H]([C@H](C)/C=C/[C@@H](O)C4(c5cc(C)co5)CC4)CC[C@@H]23)C[C@@H](O)C[C@@H]1O. The summed E-state index contributed by atoms with van der Waals surface area (Å²) >= 11 is 0. The number of aryl methyl sites for hydroxylation is 1. The first-order valence-corrected chi connectivity index (χ1v) is 14.0. The third-order valence-corrected chi connectivity index (χ3v) is 10.1. The van der Waals surface area contributed by atoms with E-state index in [1.807, 2.05) is 13.0 Å². The molecule has 4 heteroatoms. The Balaban J connectivity index is 1.29. The Hall–Kier alpha value is -1.88. The van der Waals surface area contributed by atoms with E-state index >= 15 is 0 Å². The molecule has 0 radical (unpaired) electrons. The van der Waals surface area contributed by atoms with Gasteiger partial charge in [0.1, 0.15) is 5.76 Å². The van der Waals surface area contributed by atoms with Crippen LogP contribution in [0.25, 0.3) is 0 Å². The Morgan fingerprint density at radius 3 is 2.61 bits per heavy atom. The van der Waals surface area contributed by atoms with Crippen molar-refractivity contribution in [3.8, 4) is 0 Å². The highest BCUT2D eigenvalue weighted by atomic mass is 16.3. The fourth-order valence-electron chi connectivity index (χ4n) is 7.72. The summed E-state index contributed by atoms with van der Waals surface area (Å²) < 4.78 is 5.76. The third-order valence-electron chi connectivity index (χ3n) is 10.1. The van der Waals surface area contributed by atoms with Gasteiger partial charge in [-0.25, -0.2) is 0 Å². The summed E-state index contributed by atoms with van der Waals surface area (Å²) in [7, 11) is 0. The molecule has 0 bridgehead atoms. The minimum atomic E-state index is -0.638. The lowest BCUT2D eigenvalue weighted by Gasteiger charge is -2.44. The molecule has 0 spiro atoms. The summed E-state index contributed by atoms with van der Waals surface area (Å²) in [5.74, 6) is 2.50. The fourth-order valence-corrected chi connectivity index (χ4v) is 7.72. The van der Waals surface area contributed by atoms with Crippen LogP contribution in [-0.4, -0.2) is 33.6 Å². The van der Waals surface area contributed by atoms with Gasteiger partial charge in [0.2, 0.25) is 0 Å². The number of aliphatic hydroxyl groups is 3. The van der Waals surface area contributed by atoms with Gasteiger partial charge in [0.05, 0.1) is 30.0 Å². The van der Waals surface area contributed by atoms with Crippen LogP contribution in [0.5, 0.6) is 0 Å². The second-order valence-corrected chi connectivity index (χ2v) is 12.5. The predicted octanol–water partition coefficient (Wildman–Crippen LogP) is 6.31. The van der Waals surface area contributed by atoms with E-state index in [1.165, 1.54) is 31.3 Å². The quantitative estimate of drug-likeness (QED) is 0.407. The van der Waals surface area contributed by atoms with Crippen molar-refractivity contribution in [3.63, 3.8) is 0 Å². The molecule has 5 rings (SSSR count). The van der Waals surface area contributed by atoms with Gasteiger partial charge in [-0.1, -0.05) is 50.3 Å². The average molecular weight is 493 g/mol. The number of hydrogen-bond donors (Lipinski definition) is 3. The molecule has 1 heterocycles. The van der Waals surface area contributed by atoms with Crippen LogP contribution in [0, 0.1) is 30.1 Å². The zero-order valence-electron chi connectivity index (χ0n) is 22.2. The highest BCUT2D eigenvalue weighted by Gasteiger charge is 2.53.